The lowest BCUT2D eigenvalue weighted by Crippen LogP contribution is -2.22. The molecule has 1 aromatic carbocycles. The molecule has 0 aliphatic heterocycles. The summed E-state index contributed by atoms with van der Waals surface area (Å²) in [5.74, 6) is 2.45. The molecule has 6 heteroatoms. The number of pyridine rings is 1. The first-order valence-electron chi connectivity index (χ1n) is 9.98. The van der Waals surface area contributed by atoms with Gasteiger partial charge in [0.05, 0.1) is 13.2 Å². The van der Waals surface area contributed by atoms with Crippen molar-refractivity contribution in [1.82, 2.24) is 4.98 Å². The van der Waals surface area contributed by atoms with Gasteiger partial charge in [0.25, 0.3) is 5.91 Å². The number of rotatable bonds is 9. The molecule has 1 fully saturated rings. The predicted octanol–water partition coefficient (Wildman–Crippen LogP) is 4.46. The van der Waals surface area contributed by atoms with Crippen molar-refractivity contribution in [3.05, 3.63) is 42.6 Å². The largest absolute Gasteiger partial charge is 0.490 e. The van der Waals surface area contributed by atoms with E-state index in [1.54, 1.807) is 18.3 Å². The summed E-state index contributed by atoms with van der Waals surface area (Å²) in [7, 11) is 0. The summed E-state index contributed by atoms with van der Waals surface area (Å²) in [5.41, 5.74) is 0. The van der Waals surface area contributed by atoms with Gasteiger partial charge in [0.1, 0.15) is 0 Å². The molecule has 0 bridgehead atoms. The van der Waals surface area contributed by atoms with Gasteiger partial charge in [-0.05, 0) is 49.9 Å². The Bertz CT molecular complexity index is 760. The summed E-state index contributed by atoms with van der Waals surface area (Å²) in [6.07, 6.45) is 7.89. The number of anilines is 1. The second kappa shape index (κ2) is 10.5. The van der Waals surface area contributed by atoms with E-state index in [1.807, 2.05) is 31.2 Å². The molecule has 0 unspecified atom stereocenters. The molecule has 3 rings (SSSR count). The number of hydrogen-bond donors (Lipinski definition) is 1. The topological polar surface area (TPSA) is 69.7 Å². The minimum absolute atomic E-state index is 0.136. The maximum atomic E-state index is 12.3. The number of ether oxygens (including phenoxy) is 3. The Morgan fingerprint density at radius 3 is 2.46 bits per heavy atom. The highest BCUT2D eigenvalue weighted by molar-refractivity contribution is 5.92. The van der Waals surface area contributed by atoms with Crippen LogP contribution in [0.15, 0.2) is 42.6 Å². The number of carbonyl (C=O) groups excluding carboxylic acids is 1. The van der Waals surface area contributed by atoms with Crippen LogP contribution in [0.5, 0.6) is 17.2 Å². The minimum Gasteiger partial charge on any atom is -0.490 e. The molecule has 1 heterocycles. The van der Waals surface area contributed by atoms with Gasteiger partial charge in [-0.1, -0.05) is 31.4 Å². The van der Waals surface area contributed by atoms with Crippen LogP contribution in [-0.4, -0.2) is 30.7 Å². The van der Waals surface area contributed by atoms with Crippen molar-refractivity contribution >= 4 is 11.7 Å². The van der Waals surface area contributed by atoms with Gasteiger partial charge in [0.2, 0.25) is 0 Å². The Morgan fingerprint density at radius 2 is 1.71 bits per heavy atom. The number of aromatic nitrogens is 1. The Hall–Kier alpha value is -2.76. The summed E-state index contributed by atoms with van der Waals surface area (Å²) in [6, 6.07) is 10.9. The molecule has 1 N–H and O–H groups in total. The number of nitrogens with zero attached hydrogens (tertiary/aromatic N) is 1. The predicted molar refractivity (Wildman–Crippen MR) is 108 cm³/mol. The van der Waals surface area contributed by atoms with Gasteiger partial charge >= 0.3 is 0 Å². The van der Waals surface area contributed by atoms with Crippen molar-refractivity contribution in [2.45, 2.75) is 39.0 Å². The Morgan fingerprint density at radius 1 is 1.00 bits per heavy atom. The van der Waals surface area contributed by atoms with Crippen LogP contribution in [0.1, 0.15) is 39.0 Å². The van der Waals surface area contributed by atoms with Crippen LogP contribution in [0.25, 0.3) is 0 Å². The maximum Gasteiger partial charge on any atom is 0.263 e. The lowest BCUT2D eigenvalue weighted by Gasteiger charge is -2.22. The van der Waals surface area contributed by atoms with Gasteiger partial charge in [0, 0.05) is 6.20 Å². The van der Waals surface area contributed by atoms with Crippen LogP contribution >= 0.6 is 0 Å². The molecule has 0 saturated heterocycles. The van der Waals surface area contributed by atoms with E-state index in [-0.39, 0.29) is 12.5 Å². The van der Waals surface area contributed by atoms with Gasteiger partial charge in [-0.2, -0.15) is 0 Å². The fourth-order valence-electron chi connectivity index (χ4n) is 3.32. The molecule has 6 nitrogen and oxygen atoms in total. The van der Waals surface area contributed by atoms with Crippen molar-refractivity contribution in [1.29, 1.82) is 0 Å². The molecule has 0 spiro atoms. The van der Waals surface area contributed by atoms with Crippen LogP contribution in [-0.2, 0) is 4.79 Å². The van der Waals surface area contributed by atoms with Crippen LogP contribution in [0, 0.1) is 5.92 Å². The summed E-state index contributed by atoms with van der Waals surface area (Å²) in [4.78, 5) is 16.6. The maximum absolute atomic E-state index is 12.3. The van der Waals surface area contributed by atoms with Gasteiger partial charge in [-0.15, -0.1) is 0 Å². The molecule has 1 amide bonds. The molecular weight excluding hydrogens is 356 g/mol. The average molecular weight is 384 g/mol. The van der Waals surface area contributed by atoms with Crippen molar-refractivity contribution in [3.63, 3.8) is 0 Å². The SMILES string of the molecule is CCOc1ccccc1OCC(=O)Nc1ncccc1OCC1CCCCC1. The zero-order chi connectivity index (χ0) is 19.6. The third kappa shape index (κ3) is 5.87. The van der Waals surface area contributed by atoms with Crippen LogP contribution < -0.4 is 19.5 Å². The first-order valence-corrected chi connectivity index (χ1v) is 9.98. The number of para-hydroxylation sites is 2. The fraction of sp³-hybridized carbons (Fsp3) is 0.455. The first-order chi connectivity index (χ1) is 13.8. The minimum atomic E-state index is -0.299. The van der Waals surface area contributed by atoms with Gasteiger partial charge in [-0.3, -0.25) is 4.79 Å². The zero-order valence-electron chi connectivity index (χ0n) is 16.4. The highest BCUT2D eigenvalue weighted by Gasteiger charge is 2.16. The fourth-order valence-corrected chi connectivity index (χ4v) is 3.32. The molecule has 1 aliphatic rings. The number of benzene rings is 1. The van der Waals surface area contributed by atoms with E-state index in [2.05, 4.69) is 10.3 Å². The van der Waals surface area contributed by atoms with E-state index in [4.69, 9.17) is 14.2 Å². The van der Waals surface area contributed by atoms with Crippen molar-refractivity contribution < 1.29 is 19.0 Å². The molecule has 0 atom stereocenters. The Labute approximate surface area is 166 Å². The molecule has 2 aromatic rings. The van der Waals surface area contributed by atoms with E-state index < -0.39 is 0 Å². The highest BCUT2D eigenvalue weighted by atomic mass is 16.5. The zero-order valence-corrected chi connectivity index (χ0v) is 16.4. The third-order valence-electron chi connectivity index (χ3n) is 4.74. The van der Waals surface area contributed by atoms with Crippen LogP contribution in [0.3, 0.4) is 0 Å². The van der Waals surface area contributed by atoms with Gasteiger partial charge in [0.15, 0.2) is 29.7 Å². The highest BCUT2D eigenvalue weighted by Crippen LogP contribution is 2.28. The number of carbonyl (C=O) groups is 1. The summed E-state index contributed by atoms with van der Waals surface area (Å²) in [6.45, 7) is 2.96. The lowest BCUT2D eigenvalue weighted by molar-refractivity contribution is -0.118. The normalized spacial score (nSPS) is 14.3. The second-order valence-corrected chi connectivity index (χ2v) is 6.88. The van der Waals surface area contributed by atoms with E-state index in [0.29, 0.717) is 42.2 Å². The van der Waals surface area contributed by atoms with Gasteiger partial charge < -0.3 is 19.5 Å². The van der Waals surface area contributed by atoms with Crippen LogP contribution in [0.4, 0.5) is 5.82 Å². The van der Waals surface area contributed by atoms with Crippen molar-refractivity contribution in [2.24, 2.45) is 5.92 Å². The summed E-state index contributed by atoms with van der Waals surface area (Å²) in [5, 5.41) is 2.78. The number of nitrogens with one attached hydrogen (secondary N) is 1. The standard InChI is InChI=1S/C22H28N2O4/c1-2-26-18-11-6-7-12-19(18)28-16-21(25)24-22-20(13-8-14-23-22)27-15-17-9-4-3-5-10-17/h6-8,11-14,17H,2-5,9-10,15-16H2,1H3,(H,23,24,25). The van der Waals surface area contributed by atoms with Crippen LogP contribution in [0.2, 0.25) is 0 Å². The smallest absolute Gasteiger partial charge is 0.263 e. The van der Waals surface area contributed by atoms with Crippen molar-refractivity contribution in [3.8, 4) is 17.2 Å². The average Bonchev–Trinajstić information content (AvgIpc) is 2.73. The van der Waals surface area contributed by atoms with Gasteiger partial charge in [-0.25, -0.2) is 4.98 Å². The number of hydrogen-bond acceptors (Lipinski definition) is 5. The monoisotopic (exact) mass is 384 g/mol. The summed E-state index contributed by atoms with van der Waals surface area (Å²) >= 11 is 0. The molecule has 150 valence electrons. The molecule has 1 aromatic heterocycles. The quantitative estimate of drug-likeness (QED) is 0.691. The lowest BCUT2D eigenvalue weighted by atomic mass is 9.90. The van der Waals surface area contributed by atoms with Crippen molar-refractivity contribution in [2.75, 3.05) is 25.1 Å². The van der Waals surface area contributed by atoms with E-state index >= 15 is 0 Å². The molecular formula is C22H28N2O4. The molecule has 1 saturated carbocycles. The molecule has 1 aliphatic carbocycles. The van der Waals surface area contributed by atoms with E-state index in [0.717, 1.165) is 0 Å². The Kier molecular flexibility index (Phi) is 7.53. The molecule has 28 heavy (non-hydrogen) atoms. The first kappa shape index (κ1) is 20.0. The second-order valence-electron chi connectivity index (χ2n) is 6.88. The number of amides is 1. The Balaban J connectivity index is 1.54. The van der Waals surface area contributed by atoms with E-state index in [1.165, 1.54) is 32.1 Å². The summed E-state index contributed by atoms with van der Waals surface area (Å²) < 4.78 is 17.1. The van der Waals surface area contributed by atoms with E-state index in [9.17, 15) is 4.79 Å². The third-order valence-corrected chi connectivity index (χ3v) is 4.74. The molecule has 0 radical (unpaired) electrons.